The van der Waals surface area contributed by atoms with Crippen molar-refractivity contribution in [3.8, 4) is 0 Å². The molecule has 0 N–H and O–H groups in total. The van der Waals surface area contributed by atoms with Crippen LogP contribution in [0.2, 0.25) is 5.02 Å². The number of halogens is 1. The topological polar surface area (TPSA) is 26.3 Å². The molecule has 0 saturated heterocycles. The Kier molecular flexibility index (Phi) is 4.97. The lowest BCUT2D eigenvalue weighted by Crippen LogP contribution is -2.10. The molecular weight excluding hydrogens is 224 g/mol. The Morgan fingerprint density at radius 1 is 1.50 bits per heavy atom. The highest BCUT2D eigenvalue weighted by molar-refractivity contribution is 6.31. The number of aryl methyl sites for hydroxylation is 1. The lowest BCUT2D eigenvalue weighted by Gasteiger charge is -2.09. The van der Waals surface area contributed by atoms with Crippen LogP contribution in [0.1, 0.15) is 29.3 Å². The molecule has 0 aliphatic heterocycles. The van der Waals surface area contributed by atoms with Crippen molar-refractivity contribution in [3.63, 3.8) is 0 Å². The molecular formula is C13H17ClO2. The van der Waals surface area contributed by atoms with E-state index >= 15 is 0 Å². The molecule has 0 aliphatic carbocycles. The normalized spacial score (nSPS) is 12.5. The molecule has 0 bridgehead atoms. The smallest absolute Gasteiger partial charge is 0.163 e. The van der Waals surface area contributed by atoms with Crippen LogP contribution in [0.3, 0.4) is 0 Å². The van der Waals surface area contributed by atoms with Crippen LogP contribution in [0.15, 0.2) is 18.2 Å². The quantitative estimate of drug-likeness (QED) is 0.737. The summed E-state index contributed by atoms with van der Waals surface area (Å²) in [7, 11) is 1.64. The maximum Gasteiger partial charge on any atom is 0.163 e. The highest BCUT2D eigenvalue weighted by Crippen LogP contribution is 2.19. The first-order valence-corrected chi connectivity index (χ1v) is 5.70. The maximum absolute atomic E-state index is 11.9. The zero-order chi connectivity index (χ0) is 12.1. The van der Waals surface area contributed by atoms with E-state index in [-0.39, 0.29) is 11.7 Å². The van der Waals surface area contributed by atoms with E-state index in [1.807, 2.05) is 26.0 Å². The lowest BCUT2D eigenvalue weighted by atomic mass is 10.00. The largest absolute Gasteiger partial charge is 0.384 e. The first-order valence-electron chi connectivity index (χ1n) is 5.33. The van der Waals surface area contributed by atoms with Gasteiger partial charge < -0.3 is 4.74 Å². The van der Waals surface area contributed by atoms with Gasteiger partial charge in [0, 0.05) is 30.7 Å². The summed E-state index contributed by atoms with van der Waals surface area (Å²) in [5.41, 5.74) is 1.67. The van der Waals surface area contributed by atoms with Gasteiger partial charge in [0.2, 0.25) is 0 Å². The van der Waals surface area contributed by atoms with Crippen molar-refractivity contribution in [1.82, 2.24) is 0 Å². The predicted molar refractivity (Wildman–Crippen MR) is 66.2 cm³/mol. The Morgan fingerprint density at radius 3 is 2.75 bits per heavy atom. The van der Waals surface area contributed by atoms with Crippen LogP contribution in [0.4, 0.5) is 0 Å². The minimum Gasteiger partial charge on any atom is -0.384 e. The van der Waals surface area contributed by atoms with Crippen LogP contribution in [-0.2, 0) is 4.74 Å². The number of hydrogen-bond acceptors (Lipinski definition) is 2. The van der Waals surface area contributed by atoms with Crippen LogP contribution in [0.5, 0.6) is 0 Å². The first-order chi connectivity index (χ1) is 7.54. The van der Waals surface area contributed by atoms with Gasteiger partial charge in [0.1, 0.15) is 0 Å². The molecule has 16 heavy (non-hydrogen) atoms. The highest BCUT2D eigenvalue weighted by atomic mass is 35.5. The standard InChI is InChI=1S/C13H17ClO2/c1-9(8-16-3)6-13(15)11-5-4-10(2)12(14)7-11/h4-5,7,9H,6,8H2,1-3H3. The molecule has 88 valence electrons. The van der Waals surface area contributed by atoms with Gasteiger partial charge in [-0.2, -0.15) is 0 Å². The van der Waals surface area contributed by atoms with Crippen LogP contribution in [0, 0.1) is 12.8 Å². The Morgan fingerprint density at radius 2 is 2.19 bits per heavy atom. The van der Waals surface area contributed by atoms with Crippen molar-refractivity contribution in [3.05, 3.63) is 34.3 Å². The fraction of sp³-hybridized carbons (Fsp3) is 0.462. The Hall–Kier alpha value is -0.860. The monoisotopic (exact) mass is 240 g/mol. The van der Waals surface area contributed by atoms with Gasteiger partial charge in [-0.25, -0.2) is 0 Å². The van der Waals surface area contributed by atoms with Gasteiger partial charge in [-0.15, -0.1) is 0 Å². The Balaban J connectivity index is 2.69. The number of benzene rings is 1. The third-order valence-electron chi connectivity index (χ3n) is 2.48. The second-order valence-corrected chi connectivity index (χ2v) is 4.56. The number of ether oxygens (including phenoxy) is 1. The summed E-state index contributed by atoms with van der Waals surface area (Å²) in [6.45, 7) is 4.52. The third-order valence-corrected chi connectivity index (χ3v) is 2.89. The molecule has 0 saturated carbocycles. The highest BCUT2D eigenvalue weighted by Gasteiger charge is 2.12. The summed E-state index contributed by atoms with van der Waals surface area (Å²) in [6, 6.07) is 5.43. The van der Waals surface area contributed by atoms with Gasteiger partial charge in [0.25, 0.3) is 0 Å². The summed E-state index contributed by atoms with van der Waals surface area (Å²) < 4.78 is 5.00. The molecule has 0 fully saturated rings. The van der Waals surface area contributed by atoms with Crippen molar-refractivity contribution >= 4 is 17.4 Å². The van der Waals surface area contributed by atoms with Crippen molar-refractivity contribution in [2.75, 3.05) is 13.7 Å². The van der Waals surface area contributed by atoms with Crippen molar-refractivity contribution in [2.45, 2.75) is 20.3 Å². The number of ketones is 1. The molecule has 1 unspecified atom stereocenters. The van der Waals surface area contributed by atoms with Gasteiger partial charge >= 0.3 is 0 Å². The number of hydrogen-bond donors (Lipinski definition) is 0. The van der Waals surface area contributed by atoms with Crippen molar-refractivity contribution in [1.29, 1.82) is 0 Å². The number of Topliss-reactive ketones (excluding diaryl/α,β-unsaturated/α-hetero) is 1. The predicted octanol–water partition coefficient (Wildman–Crippen LogP) is 3.50. The molecule has 0 aliphatic rings. The summed E-state index contributed by atoms with van der Waals surface area (Å²) in [4.78, 5) is 11.9. The summed E-state index contributed by atoms with van der Waals surface area (Å²) >= 11 is 5.98. The third kappa shape index (κ3) is 3.62. The van der Waals surface area contributed by atoms with Crippen LogP contribution < -0.4 is 0 Å². The lowest BCUT2D eigenvalue weighted by molar-refractivity contribution is 0.0920. The first kappa shape index (κ1) is 13.2. The van der Waals surface area contributed by atoms with E-state index in [0.29, 0.717) is 23.6 Å². The van der Waals surface area contributed by atoms with E-state index in [2.05, 4.69) is 0 Å². The van der Waals surface area contributed by atoms with Crippen molar-refractivity contribution in [2.24, 2.45) is 5.92 Å². The molecule has 1 rings (SSSR count). The van der Waals surface area contributed by atoms with Gasteiger partial charge in [-0.05, 0) is 24.5 Å². The SMILES string of the molecule is COCC(C)CC(=O)c1ccc(C)c(Cl)c1. The van der Waals surface area contributed by atoms with Gasteiger partial charge in [0.05, 0.1) is 0 Å². The van der Waals surface area contributed by atoms with E-state index in [9.17, 15) is 4.79 Å². The van der Waals surface area contributed by atoms with E-state index in [4.69, 9.17) is 16.3 Å². The van der Waals surface area contributed by atoms with E-state index in [1.54, 1.807) is 13.2 Å². The number of rotatable bonds is 5. The van der Waals surface area contributed by atoms with Crippen LogP contribution >= 0.6 is 11.6 Å². The fourth-order valence-electron chi connectivity index (χ4n) is 1.54. The molecule has 0 amide bonds. The zero-order valence-corrected chi connectivity index (χ0v) is 10.7. The zero-order valence-electron chi connectivity index (χ0n) is 9.92. The number of carbonyl (C=O) groups is 1. The maximum atomic E-state index is 11.9. The number of carbonyl (C=O) groups excluding carboxylic acids is 1. The molecule has 2 nitrogen and oxygen atoms in total. The van der Waals surface area contributed by atoms with E-state index in [0.717, 1.165) is 5.56 Å². The minimum atomic E-state index is 0.117. The average Bonchev–Trinajstić information content (AvgIpc) is 2.22. The molecule has 0 spiro atoms. The Bertz CT molecular complexity index is 374. The summed E-state index contributed by atoms with van der Waals surface area (Å²) in [5, 5.41) is 0.644. The number of methoxy groups -OCH3 is 1. The van der Waals surface area contributed by atoms with Gasteiger partial charge in [0.15, 0.2) is 5.78 Å². The van der Waals surface area contributed by atoms with Gasteiger partial charge in [-0.3, -0.25) is 4.79 Å². The van der Waals surface area contributed by atoms with Crippen LogP contribution in [-0.4, -0.2) is 19.5 Å². The average molecular weight is 241 g/mol. The minimum absolute atomic E-state index is 0.117. The molecule has 3 heteroatoms. The molecule has 1 aromatic carbocycles. The molecule has 0 heterocycles. The second kappa shape index (κ2) is 6.02. The Labute approximate surface area is 102 Å². The molecule has 1 atom stereocenters. The van der Waals surface area contributed by atoms with Crippen LogP contribution in [0.25, 0.3) is 0 Å². The molecule has 1 aromatic rings. The second-order valence-electron chi connectivity index (χ2n) is 4.15. The molecule has 0 radical (unpaired) electrons. The van der Waals surface area contributed by atoms with Gasteiger partial charge in [-0.1, -0.05) is 30.7 Å². The summed E-state index contributed by atoms with van der Waals surface area (Å²) in [6.07, 6.45) is 0.493. The van der Waals surface area contributed by atoms with E-state index in [1.165, 1.54) is 0 Å². The fourth-order valence-corrected chi connectivity index (χ4v) is 1.72. The molecule has 0 aromatic heterocycles. The van der Waals surface area contributed by atoms with E-state index < -0.39 is 0 Å². The summed E-state index contributed by atoms with van der Waals surface area (Å²) in [5.74, 6) is 0.351. The van der Waals surface area contributed by atoms with Crippen molar-refractivity contribution < 1.29 is 9.53 Å².